The molecule has 0 unspecified atom stereocenters. The first kappa shape index (κ1) is 17.6. The molecule has 2 aromatic heterocycles. The molecule has 0 saturated carbocycles. The molecule has 1 saturated heterocycles. The van der Waals surface area contributed by atoms with Crippen molar-refractivity contribution in [3.05, 3.63) is 58.2 Å². The van der Waals surface area contributed by atoms with Crippen LogP contribution in [-0.4, -0.2) is 53.0 Å². The lowest BCUT2D eigenvalue weighted by molar-refractivity contribution is 0.250. The molecule has 0 spiro atoms. The van der Waals surface area contributed by atoms with Gasteiger partial charge in [0.25, 0.3) is 0 Å². The molecule has 0 aliphatic carbocycles. The van der Waals surface area contributed by atoms with Gasteiger partial charge in [-0.3, -0.25) is 9.88 Å². The summed E-state index contributed by atoms with van der Waals surface area (Å²) in [7, 11) is 2.25. The summed E-state index contributed by atoms with van der Waals surface area (Å²) < 4.78 is 0. The molecule has 4 rings (SSSR count). The summed E-state index contributed by atoms with van der Waals surface area (Å²) in [5.74, 6) is 0.626. The number of rotatable bonds is 4. The smallest absolute Gasteiger partial charge is 0.0798 e. The lowest BCUT2D eigenvalue weighted by Crippen LogP contribution is -2.30. The molecule has 136 valence electrons. The SMILES string of the molecule is Cc1ncsc1CN1CCN(C)C[C@@H](Cc2cccc3ncccc23)C1. The second-order valence-electron chi connectivity index (χ2n) is 7.42. The topological polar surface area (TPSA) is 32.3 Å². The highest BCUT2D eigenvalue weighted by Gasteiger charge is 2.22. The van der Waals surface area contributed by atoms with Crippen molar-refractivity contribution in [2.24, 2.45) is 5.92 Å². The minimum atomic E-state index is 0.626. The van der Waals surface area contributed by atoms with Crippen LogP contribution >= 0.6 is 11.3 Å². The lowest BCUT2D eigenvalue weighted by Gasteiger charge is -2.24. The van der Waals surface area contributed by atoms with Gasteiger partial charge in [0.05, 0.1) is 16.7 Å². The van der Waals surface area contributed by atoms with Crippen LogP contribution in [0.1, 0.15) is 16.1 Å². The van der Waals surface area contributed by atoms with Crippen LogP contribution in [0.4, 0.5) is 0 Å². The fourth-order valence-electron chi connectivity index (χ4n) is 3.97. The molecule has 3 aromatic rings. The third-order valence-corrected chi connectivity index (χ3v) is 6.26. The van der Waals surface area contributed by atoms with E-state index < -0.39 is 0 Å². The van der Waals surface area contributed by atoms with Crippen molar-refractivity contribution in [2.75, 3.05) is 33.2 Å². The Labute approximate surface area is 159 Å². The summed E-state index contributed by atoms with van der Waals surface area (Å²) in [6.07, 6.45) is 2.98. The minimum Gasteiger partial charge on any atom is -0.305 e. The Morgan fingerprint density at radius 3 is 2.88 bits per heavy atom. The van der Waals surface area contributed by atoms with Crippen LogP contribution < -0.4 is 0 Å². The van der Waals surface area contributed by atoms with Crippen molar-refractivity contribution < 1.29 is 0 Å². The van der Waals surface area contributed by atoms with E-state index in [0.29, 0.717) is 5.92 Å². The third kappa shape index (κ3) is 3.95. The number of benzene rings is 1. The molecule has 5 heteroatoms. The van der Waals surface area contributed by atoms with Crippen LogP contribution in [0.2, 0.25) is 0 Å². The first-order chi connectivity index (χ1) is 12.7. The van der Waals surface area contributed by atoms with Gasteiger partial charge in [-0.05, 0) is 44.0 Å². The van der Waals surface area contributed by atoms with Crippen LogP contribution in [-0.2, 0) is 13.0 Å². The van der Waals surface area contributed by atoms with E-state index in [1.807, 2.05) is 17.8 Å². The second-order valence-corrected chi connectivity index (χ2v) is 8.35. The number of aryl methyl sites for hydroxylation is 1. The zero-order valence-electron chi connectivity index (χ0n) is 15.6. The molecule has 3 heterocycles. The van der Waals surface area contributed by atoms with E-state index in [2.05, 4.69) is 58.0 Å². The number of hydrogen-bond donors (Lipinski definition) is 0. The summed E-state index contributed by atoms with van der Waals surface area (Å²) in [6.45, 7) is 7.69. The zero-order valence-corrected chi connectivity index (χ0v) is 16.4. The van der Waals surface area contributed by atoms with E-state index in [-0.39, 0.29) is 0 Å². The van der Waals surface area contributed by atoms with E-state index in [4.69, 9.17) is 0 Å². The van der Waals surface area contributed by atoms with Crippen molar-refractivity contribution in [3.63, 3.8) is 0 Å². The monoisotopic (exact) mass is 366 g/mol. The highest BCUT2D eigenvalue weighted by atomic mass is 32.1. The Hall–Kier alpha value is -1.82. The number of pyridine rings is 1. The third-order valence-electron chi connectivity index (χ3n) is 5.34. The molecule has 1 aromatic carbocycles. The summed E-state index contributed by atoms with van der Waals surface area (Å²) >= 11 is 1.78. The van der Waals surface area contributed by atoms with Crippen LogP contribution in [0.5, 0.6) is 0 Å². The first-order valence-corrected chi connectivity index (χ1v) is 10.2. The predicted molar refractivity (Wildman–Crippen MR) is 109 cm³/mol. The molecular weight excluding hydrogens is 340 g/mol. The number of hydrogen-bond acceptors (Lipinski definition) is 5. The lowest BCUT2D eigenvalue weighted by atomic mass is 9.95. The van der Waals surface area contributed by atoms with Crippen LogP contribution in [0.25, 0.3) is 10.9 Å². The first-order valence-electron chi connectivity index (χ1n) is 9.31. The molecule has 26 heavy (non-hydrogen) atoms. The van der Waals surface area contributed by atoms with Crippen LogP contribution in [0.3, 0.4) is 0 Å². The number of nitrogens with zero attached hydrogens (tertiary/aromatic N) is 4. The zero-order chi connectivity index (χ0) is 17.9. The molecule has 0 radical (unpaired) electrons. The molecule has 0 amide bonds. The van der Waals surface area contributed by atoms with Gasteiger partial charge in [0, 0.05) is 49.2 Å². The Bertz CT molecular complexity index is 870. The molecule has 1 aliphatic heterocycles. The minimum absolute atomic E-state index is 0.626. The van der Waals surface area contributed by atoms with E-state index >= 15 is 0 Å². The van der Waals surface area contributed by atoms with Crippen molar-refractivity contribution in [1.82, 2.24) is 19.8 Å². The molecule has 1 atom stereocenters. The van der Waals surface area contributed by atoms with Gasteiger partial charge in [0.15, 0.2) is 0 Å². The number of likely N-dealkylation sites (N-methyl/N-ethyl adjacent to an activating group) is 1. The molecule has 1 fully saturated rings. The van der Waals surface area contributed by atoms with Gasteiger partial charge in [-0.15, -0.1) is 11.3 Å². The van der Waals surface area contributed by atoms with E-state index in [1.165, 1.54) is 21.5 Å². The maximum Gasteiger partial charge on any atom is 0.0798 e. The molecule has 4 nitrogen and oxygen atoms in total. The summed E-state index contributed by atoms with van der Waals surface area (Å²) in [6, 6.07) is 10.8. The number of thiazole rings is 1. The molecule has 0 bridgehead atoms. The van der Waals surface area contributed by atoms with Gasteiger partial charge < -0.3 is 4.90 Å². The van der Waals surface area contributed by atoms with Gasteiger partial charge in [-0.2, -0.15) is 0 Å². The standard InChI is InChI=1S/C21H26N4S/c1-16-21(26-15-23-16)14-25-10-9-24(2)12-17(13-25)11-18-5-3-7-20-19(18)6-4-8-22-20/h3-8,15,17H,9-14H2,1-2H3/t17-/m1/s1. The average molecular weight is 367 g/mol. The van der Waals surface area contributed by atoms with Gasteiger partial charge in [-0.1, -0.05) is 18.2 Å². The molecule has 0 N–H and O–H groups in total. The Morgan fingerprint density at radius 1 is 1.12 bits per heavy atom. The Balaban J connectivity index is 1.53. The summed E-state index contributed by atoms with van der Waals surface area (Å²) in [5, 5.41) is 1.30. The van der Waals surface area contributed by atoms with Crippen molar-refractivity contribution in [2.45, 2.75) is 19.9 Å². The van der Waals surface area contributed by atoms with Crippen molar-refractivity contribution in [3.8, 4) is 0 Å². The Kier molecular flexibility index (Phi) is 5.29. The highest BCUT2D eigenvalue weighted by molar-refractivity contribution is 7.09. The van der Waals surface area contributed by atoms with Gasteiger partial charge in [-0.25, -0.2) is 4.98 Å². The van der Waals surface area contributed by atoms with E-state index in [0.717, 1.165) is 44.7 Å². The fraction of sp³-hybridized carbons (Fsp3) is 0.429. The largest absolute Gasteiger partial charge is 0.305 e. The van der Waals surface area contributed by atoms with Crippen LogP contribution in [0, 0.1) is 12.8 Å². The van der Waals surface area contributed by atoms with E-state index in [1.54, 1.807) is 11.3 Å². The number of fused-ring (bicyclic) bond motifs is 1. The second kappa shape index (κ2) is 7.82. The van der Waals surface area contributed by atoms with Crippen LogP contribution in [0.15, 0.2) is 42.0 Å². The maximum atomic E-state index is 4.52. The average Bonchev–Trinajstić information content (AvgIpc) is 2.95. The quantitative estimate of drug-likeness (QED) is 0.706. The van der Waals surface area contributed by atoms with Crippen molar-refractivity contribution in [1.29, 1.82) is 0 Å². The van der Waals surface area contributed by atoms with Gasteiger partial charge in [0.2, 0.25) is 0 Å². The van der Waals surface area contributed by atoms with Gasteiger partial charge in [0.1, 0.15) is 0 Å². The summed E-state index contributed by atoms with van der Waals surface area (Å²) in [4.78, 5) is 15.4. The highest BCUT2D eigenvalue weighted by Crippen LogP contribution is 2.23. The van der Waals surface area contributed by atoms with Gasteiger partial charge >= 0.3 is 0 Å². The molecule has 1 aliphatic rings. The predicted octanol–water partition coefficient (Wildman–Crippen LogP) is 3.61. The molecular formula is C21H26N4S. The Morgan fingerprint density at radius 2 is 2.04 bits per heavy atom. The maximum absolute atomic E-state index is 4.52. The van der Waals surface area contributed by atoms with Crippen molar-refractivity contribution >= 4 is 22.2 Å². The normalized spacial score (nSPS) is 19.7. The number of aromatic nitrogens is 2. The summed E-state index contributed by atoms with van der Waals surface area (Å²) in [5.41, 5.74) is 5.67. The fourth-order valence-corrected chi connectivity index (χ4v) is 4.79. The van der Waals surface area contributed by atoms with E-state index in [9.17, 15) is 0 Å².